The molecule has 7 nitrogen and oxygen atoms in total. The van der Waals surface area contributed by atoms with Crippen molar-refractivity contribution in [3.8, 4) is 0 Å². The lowest BCUT2D eigenvalue weighted by molar-refractivity contribution is 0.0586. The number of rotatable bonds is 3. The molecule has 0 spiro atoms. The number of carbonyl (C=O) groups is 2. The molecule has 1 rings (SSSR count). The van der Waals surface area contributed by atoms with Gasteiger partial charge in [-0.1, -0.05) is 0 Å². The van der Waals surface area contributed by atoms with Crippen molar-refractivity contribution in [3.05, 3.63) is 29.1 Å². The molecule has 0 N–H and O–H groups in total. The summed E-state index contributed by atoms with van der Waals surface area (Å²) in [6, 6.07) is 2.36. The fourth-order valence-electron chi connectivity index (χ4n) is 0.992. The van der Waals surface area contributed by atoms with Gasteiger partial charge in [0.05, 0.1) is 14.2 Å². The lowest BCUT2D eigenvalue weighted by Crippen LogP contribution is -2.10. The zero-order valence-electron chi connectivity index (χ0n) is 8.63. The molecule has 0 aromatic carbocycles. The Hall–Kier alpha value is -2.31. The molecule has 0 bridgehead atoms. The Bertz CT molecular complexity index is 410. The molecule has 0 aliphatic carbocycles. The van der Waals surface area contributed by atoms with Gasteiger partial charge in [-0.15, -0.1) is 0 Å². The van der Waals surface area contributed by atoms with E-state index in [4.69, 9.17) is 5.53 Å². The minimum absolute atomic E-state index is 0.0100. The van der Waals surface area contributed by atoms with Crippen molar-refractivity contribution in [2.75, 3.05) is 14.2 Å². The summed E-state index contributed by atoms with van der Waals surface area (Å²) < 4.78 is 8.85. The maximum atomic E-state index is 11.2. The highest BCUT2D eigenvalue weighted by Gasteiger charge is 2.14. The van der Waals surface area contributed by atoms with E-state index in [1.807, 2.05) is 0 Å². The van der Waals surface area contributed by atoms with Crippen molar-refractivity contribution >= 4 is 17.6 Å². The largest absolute Gasteiger partial charge is 0.706 e. The fraction of sp³-hybridized carbons (Fsp3) is 0.222. The molecule has 7 heteroatoms. The number of methoxy groups -OCH3 is 2. The fourth-order valence-corrected chi connectivity index (χ4v) is 0.992. The zero-order valence-corrected chi connectivity index (χ0v) is 8.63. The summed E-state index contributed by atoms with van der Waals surface area (Å²) in [5.74, 6) is -1.48. The van der Waals surface area contributed by atoms with E-state index in [2.05, 4.69) is 19.6 Å². The zero-order chi connectivity index (χ0) is 12.1. The molecule has 0 saturated heterocycles. The second-order valence-electron chi connectivity index (χ2n) is 2.68. The summed E-state index contributed by atoms with van der Waals surface area (Å²) in [7, 11) is 2.34. The first-order chi connectivity index (χ1) is 7.62. The predicted molar refractivity (Wildman–Crippen MR) is 52.4 cm³/mol. The Balaban J connectivity index is 3.26. The van der Waals surface area contributed by atoms with E-state index in [-0.39, 0.29) is 17.1 Å². The van der Waals surface area contributed by atoms with E-state index < -0.39 is 11.9 Å². The Morgan fingerprint density at radius 3 is 1.94 bits per heavy atom. The van der Waals surface area contributed by atoms with Crippen molar-refractivity contribution in [1.82, 2.24) is 4.98 Å². The molecule has 0 amide bonds. The highest BCUT2D eigenvalue weighted by molar-refractivity contribution is 5.92. The van der Waals surface area contributed by atoms with Crippen LogP contribution in [0, 0.1) is 0 Å². The van der Waals surface area contributed by atoms with Gasteiger partial charge in [-0.05, 0) is 12.1 Å². The summed E-state index contributed by atoms with van der Waals surface area (Å²) in [6.45, 7) is 0. The van der Waals surface area contributed by atoms with Crippen molar-refractivity contribution < 1.29 is 19.1 Å². The van der Waals surface area contributed by atoms with Gasteiger partial charge in [0.2, 0.25) is 0 Å². The summed E-state index contributed by atoms with van der Waals surface area (Å²) in [5.41, 5.74) is 8.32. The first-order valence-corrected chi connectivity index (χ1v) is 4.16. The number of pyridine rings is 1. The third-order valence-corrected chi connectivity index (χ3v) is 1.71. The van der Waals surface area contributed by atoms with Gasteiger partial charge in [-0.2, -0.15) is 0 Å². The lowest BCUT2D eigenvalue weighted by atomic mass is 10.2. The molecule has 0 fully saturated rings. The second-order valence-corrected chi connectivity index (χ2v) is 2.68. The van der Waals surface area contributed by atoms with Crippen LogP contribution in [0.2, 0.25) is 0 Å². The average molecular weight is 222 g/mol. The summed E-state index contributed by atoms with van der Waals surface area (Å²) in [5, 5.41) is 2.87. The van der Waals surface area contributed by atoms with Gasteiger partial charge in [0, 0.05) is 5.69 Å². The maximum absolute atomic E-state index is 11.2. The number of ether oxygens (including phenoxy) is 2. The molecular formula is C9H8N3O4-. The first-order valence-electron chi connectivity index (χ1n) is 4.16. The van der Waals surface area contributed by atoms with Crippen LogP contribution in [0.5, 0.6) is 0 Å². The van der Waals surface area contributed by atoms with Gasteiger partial charge < -0.3 is 20.1 Å². The minimum atomic E-state index is -0.740. The number of aromatic nitrogens is 1. The average Bonchev–Trinajstić information content (AvgIpc) is 2.35. The van der Waals surface area contributed by atoms with E-state index in [1.165, 1.54) is 26.4 Å². The van der Waals surface area contributed by atoms with E-state index in [0.717, 1.165) is 0 Å². The molecule has 0 aliphatic heterocycles. The Labute approximate surface area is 90.9 Å². The summed E-state index contributed by atoms with van der Waals surface area (Å²) >= 11 is 0. The van der Waals surface area contributed by atoms with Crippen LogP contribution in [0.1, 0.15) is 21.0 Å². The van der Waals surface area contributed by atoms with Crippen LogP contribution in [0.3, 0.4) is 0 Å². The van der Waals surface area contributed by atoms with E-state index in [9.17, 15) is 9.59 Å². The van der Waals surface area contributed by atoms with Crippen LogP contribution in [0.4, 0.5) is 5.69 Å². The Morgan fingerprint density at radius 1 is 1.19 bits per heavy atom. The van der Waals surface area contributed by atoms with E-state index in [1.54, 1.807) is 0 Å². The van der Waals surface area contributed by atoms with Gasteiger partial charge >= 0.3 is 11.9 Å². The van der Waals surface area contributed by atoms with Gasteiger partial charge in [0.15, 0.2) is 11.4 Å². The highest BCUT2D eigenvalue weighted by Crippen LogP contribution is 2.16. The van der Waals surface area contributed by atoms with Crippen LogP contribution < -0.4 is 0 Å². The van der Waals surface area contributed by atoms with E-state index in [0.29, 0.717) is 0 Å². The molecule has 16 heavy (non-hydrogen) atoms. The summed E-state index contributed by atoms with van der Waals surface area (Å²) in [4.78, 5) is 26.1. The molecule has 84 valence electrons. The van der Waals surface area contributed by atoms with Gasteiger partial charge in [0.25, 0.3) is 0 Å². The number of esters is 2. The monoisotopic (exact) mass is 222 g/mol. The SMILES string of the molecule is COC(=O)c1cc(N=[N-])cc(C(=O)OC)n1. The van der Waals surface area contributed by atoms with Gasteiger partial charge in [-0.3, -0.25) is 0 Å². The van der Waals surface area contributed by atoms with Crippen LogP contribution in [-0.4, -0.2) is 31.1 Å². The molecule has 0 unspecified atom stereocenters. The molecular weight excluding hydrogens is 214 g/mol. The number of carbonyl (C=O) groups excluding carboxylic acids is 2. The van der Waals surface area contributed by atoms with Crippen LogP contribution in [0.25, 0.3) is 5.53 Å². The summed E-state index contributed by atoms with van der Waals surface area (Å²) in [6.07, 6.45) is 0. The highest BCUT2D eigenvalue weighted by atomic mass is 16.5. The third kappa shape index (κ3) is 2.38. The Morgan fingerprint density at radius 2 is 1.62 bits per heavy atom. The molecule has 1 heterocycles. The topological polar surface area (TPSA) is 100 Å². The predicted octanol–water partition coefficient (Wildman–Crippen LogP) is 1.31. The van der Waals surface area contributed by atoms with E-state index >= 15 is 0 Å². The molecule has 0 saturated carbocycles. The van der Waals surface area contributed by atoms with Crippen molar-refractivity contribution in [2.24, 2.45) is 5.11 Å². The first kappa shape index (κ1) is 11.8. The van der Waals surface area contributed by atoms with Crippen LogP contribution in [0.15, 0.2) is 17.2 Å². The number of nitrogens with zero attached hydrogens (tertiary/aromatic N) is 3. The van der Waals surface area contributed by atoms with Gasteiger partial charge in [-0.25, -0.2) is 14.6 Å². The number of hydrogen-bond acceptors (Lipinski definition) is 6. The minimum Gasteiger partial charge on any atom is -0.706 e. The molecule has 1 aromatic rings. The molecule has 0 radical (unpaired) electrons. The molecule has 1 aromatic heterocycles. The smallest absolute Gasteiger partial charge is 0.356 e. The molecule has 0 aliphatic rings. The normalized spacial score (nSPS) is 9.38. The second kappa shape index (κ2) is 4.96. The van der Waals surface area contributed by atoms with Crippen LogP contribution >= 0.6 is 0 Å². The van der Waals surface area contributed by atoms with Gasteiger partial charge in [0.1, 0.15) is 0 Å². The number of hydrogen-bond donors (Lipinski definition) is 0. The quantitative estimate of drug-likeness (QED) is 0.566. The van der Waals surface area contributed by atoms with Crippen molar-refractivity contribution in [3.63, 3.8) is 0 Å². The standard InChI is InChI=1S/C9H8N3O4/c1-15-8(13)6-3-5(12-10)4-7(11-6)9(14)16-2/h3-4H,1-2H3/q-1. The van der Waals surface area contributed by atoms with Crippen molar-refractivity contribution in [1.29, 1.82) is 0 Å². The Kier molecular flexibility index (Phi) is 3.65. The maximum Gasteiger partial charge on any atom is 0.356 e. The third-order valence-electron chi connectivity index (χ3n) is 1.71. The molecule has 0 atom stereocenters. The van der Waals surface area contributed by atoms with Crippen LogP contribution in [-0.2, 0) is 9.47 Å². The van der Waals surface area contributed by atoms with Crippen molar-refractivity contribution in [2.45, 2.75) is 0 Å². The lowest BCUT2D eigenvalue weighted by Gasteiger charge is -2.05.